The zero-order chi connectivity index (χ0) is 9.26. The van der Waals surface area contributed by atoms with E-state index in [-0.39, 0.29) is 0 Å². The van der Waals surface area contributed by atoms with Gasteiger partial charge in [0.2, 0.25) is 0 Å². The van der Waals surface area contributed by atoms with Crippen molar-refractivity contribution in [3.05, 3.63) is 21.5 Å². The molecule has 1 aromatic rings. The van der Waals surface area contributed by atoms with Crippen molar-refractivity contribution in [2.75, 3.05) is 0 Å². The average molecular weight is 286 g/mol. The SMILES string of the molecule is N#Cc1nccc(I)c1OC1CC1. The highest BCUT2D eigenvalue weighted by Crippen LogP contribution is 2.31. The van der Waals surface area contributed by atoms with Crippen molar-refractivity contribution in [2.24, 2.45) is 0 Å². The fraction of sp³-hybridized carbons (Fsp3) is 0.333. The topological polar surface area (TPSA) is 45.9 Å². The maximum atomic E-state index is 8.78. The molecule has 0 spiro atoms. The predicted molar refractivity (Wildman–Crippen MR) is 55.3 cm³/mol. The van der Waals surface area contributed by atoms with Crippen LogP contribution in [0.1, 0.15) is 18.5 Å². The molecule has 1 aromatic heterocycles. The van der Waals surface area contributed by atoms with E-state index < -0.39 is 0 Å². The minimum Gasteiger partial charge on any atom is -0.486 e. The summed E-state index contributed by atoms with van der Waals surface area (Å²) in [6, 6.07) is 3.87. The second kappa shape index (κ2) is 3.50. The van der Waals surface area contributed by atoms with E-state index >= 15 is 0 Å². The highest BCUT2D eigenvalue weighted by Gasteiger charge is 2.25. The van der Waals surface area contributed by atoms with Crippen LogP contribution in [0.3, 0.4) is 0 Å². The minimum absolute atomic E-state index is 0.310. The monoisotopic (exact) mass is 286 g/mol. The van der Waals surface area contributed by atoms with Gasteiger partial charge >= 0.3 is 0 Å². The van der Waals surface area contributed by atoms with E-state index in [2.05, 4.69) is 27.6 Å². The van der Waals surface area contributed by atoms with Crippen molar-refractivity contribution in [2.45, 2.75) is 18.9 Å². The van der Waals surface area contributed by atoms with E-state index in [1.807, 2.05) is 12.1 Å². The van der Waals surface area contributed by atoms with E-state index in [9.17, 15) is 0 Å². The molecular formula is C9H7IN2O. The van der Waals surface area contributed by atoms with Crippen LogP contribution in [0.2, 0.25) is 0 Å². The van der Waals surface area contributed by atoms with Crippen LogP contribution in [0.25, 0.3) is 0 Å². The number of aromatic nitrogens is 1. The van der Waals surface area contributed by atoms with E-state index in [4.69, 9.17) is 10.00 Å². The lowest BCUT2D eigenvalue weighted by Crippen LogP contribution is -2.01. The van der Waals surface area contributed by atoms with Gasteiger partial charge in [0, 0.05) is 6.20 Å². The first-order valence-corrected chi connectivity index (χ1v) is 5.10. The fourth-order valence-corrected chi connectivity index (χ4v) is 1.51. The lowest BCUT2D eigenvalue weighted by atomic mass is 10.3. The molecular weight excluding hydrogens is 279 g/mol. The normalized spacial score (nSPS) is 15.1. The predicted octanol–water partition coefficient (Wildman–Crippen LogP) is 2.10. The smallest absolute Gasteiger partial charge is 0.183 e. The summed E-state index contributed by atoms with van der Waals surface area (Å²) in [7, 11) is 0. The Morgan fingerprint density at radius 3 is 3.00 bits per heavy atom. The second-order valence-electron chi connectivity index (χ2n) is 2.90. The number of nitrogens with zero attached hydrogens (tertiary/aromatic N) is 2. The zero-order valence-electron chi connectivity index (χ0n) is 6.83. The molecule has 2 rings (SSSR count). The summed E-state index contributed by atoms with van der Waals surface area (Å²) in [5, 5.41) is 8.78. The van der Waals surface area contributed by atoms with Crippen molar-refractivity contribution >= 4 is 22.6 Å². The van der Waals surface area contributed by atoms with Gasteiger partial charge in [-0.25, -0.2) is 4.98 Å². The molecule has 1 aliphatic rings. The van der Waals surface area contributed by atoms with E-state index in [1.54, 1.807) is 6.20 Å². The molecule has 0 aromatic carbocycles. The average Bonchev–Trinajstić information content (AvgIpc) is 2.92. The summed E-state index contributed by atoms with van der Waals surface area (Å²) in [4.78, 5) is 3.95. The van der Waals surface area contributed by atoms with Crippen molar-refractivity contribution in [1.29, 1.82) is 5.26 Å². The molecule has 0 bridgehead atoms. The standard InChI is InChI=1S/C9H7IN2O/c10-7-3-4-12-8(5-11)9(7)13-6-1-2-6/h3-4,6H,1-2H2. The highest BCUT2D eigenvalue weighted by atomic mass is 127. The summed E-state index contributed by atoms with van der Waals surface area (Å²) in [5.74, 6) is 0.646. The number of hydrogen-bond acceptors (Lipinski definition) is 3. The van der Waals surface area contributed by atoms with Gasteiger partial charge in [-0.15, -0.1) is 0 Å². The molecule has 4 heteroatoms. The van der Waals surface area contributed by atoms with Gasteiger partial charge in [0.05, 0.1) is 9.67 Å². The second-order valence-corrected chi connectivity index (χ2v) is 4.06. The lowest BCUT2D eigenvalue weighted by Gasteiger charge is -2.06. The number of ether oxygens (including phenoxy) is 1. The molecule has 1 heterocycles. The highest BCUT2D eigenvalue weighted by molar-refractivity contribution is 14.1. The van der Waals surface area contributed by atoms with Crippen molar-refractivity contribution < 1.29 is 4.74 Å². The molecule has 3 nitrogen and oxygen atoms in total. The Bertz CT molecular complexity index is 368. The molecule has 1 aliphatic carbocycles. The van der Waals surface area contributed by atoms with Crippen molar-refractivity contribution in [1.82, 2.24) is 4.98 Å². The number of halogens is 1. The molecule has 66 valence electrons. The van der Waals surface area contributed by atoms with Crippen LogP contribution in [-0.2, 0) is 0 Å². The van der Waals surface area contributed by atoms with Gasteiger partial charge in [0.25, 0.3) is 0 Å². The van der Waals surface area contributed by atoms with Gasteiger partial charge in [-0.05, 0) is 41.5 Å². The van der Waals surface area contributed by atoms with Gasteiger partial charge in [0.1, 0.15) is 6.07 Å². The van der Waals surface area contributed by atoms with Crippen LogP contribution >= 0.6 is 22.6 Å². The number of hydrogen-bond donors (Lipinski definition) is 0. The molecule has 0 saturated heterocycles. The van der Waals surface area contributed by atoms with Crippen molar-refractivity contribution in [3.63, 3.8) is 0 Å². The van der Waals surface area contributed by atoms with Crippen LogP contribution in [0.15, 0.2) is 12.3 Å². The Balaban J connectivity index is 2.34. The molecule has 1 saturated carbocycles. The largest absolute Gasteiger partial charge is 0.486 e. The maximum Gasteiger partial charge on any atom is 0.183 e. The van der Waals surface area contributed by atoms with Gasteiger partial charge in [-0.3, -0.25) is 0 Å². The molecule has 0 atom stereocenters. The third kappa shape index (κ3) is 1.91. The molecule has 13 heavy (non-hydrogen) atoms. The Hall–Kier alpha value is -0.830. The van der Waals surface area contributed by atoms with E-state index in [1.165, 1.54) is 0 Å². The third-order valence-corrected chi connectivity index (χ3v) is 2.62. The van der Waals surface area contributed by atoms with Crippen LogP contribution < -0.4 is 4.74 Å². The zero-order valence-corrected chi connectivity index (χ0v) is 8.98. The summed E-state index contributed by atoms with van der Waals surface area (Å²) in [5.41, 5.74) is 0.388. The molecule has 1 fully saturated rings. The molecule has 0 N–H and O–H groups in total. The lowest BCUT2D eigenvalue weighted by molar-refractivity contribution is 0.298. The summed E-state index contributed by atoms with van der Waals surface area (Å²) in [6.45, 7) is 0. The molecule has 0 aliphatic heterocycles. The number of pyridine rings is 1. The Morgan fingerprint density at radius 2 is 2.38 bits per heavy atom. The van der Waals surface area contributed by atoms with Gasteiger partial charge in [-0.2, -0.15) is 5.26 Å². The van der Waals surface area contributed by atoms with E-state index in [0.717, 1.165) is 16.4 Å². The van der Waals surface area contributed by atoms with Gasteiger partial charge in [0.15, 0.2) is 11.4 Å². The van der Waals surface area contributed by atoms with Crippen LogP contribution in [0.5, 0.6) is 5.75 Å². The Morgan fingerprint density at radius 1 is 1.62 bits per heavy atom. The van der Waals surface area contributed by atoms with Crippen LogP contribution in [0, 0.1) is 14.9 Å². The van der Waals surface area contributed by atoms with Gasteiger partial charge < -0.3 is 4.74 Å². The minimum atomic E-state index is 0.310. The Labute approximate surface area is 89.9 Å². The van der Waals surface area contributed by atoms with Crippen LogP contribution in [-0.4, -0.2) is 11.1 Å². The molecule has 0 radical (unpaired) electrons. The first-order chi connectivity index (χ1) is 6.31. The first kappa shape index (κ1) is 8.75. The number of nitriles is 1. The molecule has 0 amide bonds. The Kier molecular flexibility index (Phi) is 2.36. The summed E-state index contributed by atoms with van der Waals surface area (Å²) >= 11 is 2.15. The fourth-order valence-electron chi connectivity index (χ4n) is 0.969. The summed E-state index contributed by atoms with van der Waals surface area (Å²) in [6.07, 6.45) is 4.12. The maximum absolute atomic E-state index is 8.78. The molecule has 0 unspecified atom stereocenters. The third-order valence-electron chi connectivity index (χ3n) is 1.77. The quantitative estimate of drug-likeness (QED) is 0.782. The summed E-state index contributed by atoms with van der Waals surface area (Å²) < 4.78 is 6.54. The van der Waals surface area contributed by atoms with Crippen molar-refractivity contribution in [3.8, 4) is 11.8 Å². The number of rotatable bonds is 2. The van der Waals surface area contributed by atoms with E-state index in [0.29, 0.717) is 17.5 Å². The first-order valence-electron chi connectivity index (χ1n) is 4.02. The van der Waals surface area contributed by atoms with Crippen LogP contribution in [0.4, 0.5) is 0 Å². The van der Waals surface area contributed by atoms with Gasteiger partial charge in [-0.1, -0.05) is 0 Å².